The van der Waals surface area contributed by atoms with Crippen molar-refractivity contribution in [2.75, 3.05) is 0 Å². The SMILES string of the molecule is CC(C)c1ccc(C(C)(c2ccccc2)c2ccc(C(C)C)cc2)cc1. The molecule has 0 spiro atoms. The van der Waals surface area contributed by atoms with Gasteiger partial charge in [-0.15, -0.1) is 0 Å². The minimum absolute atomic E-state index is 0.160. The third-order valence-electron chi connectivity index (χ3n) is 5.66. The van der Waals surface area contributed by atoms with E-state index in [1.54, 1.807) is 0 Å². The Balaban J connectivity index is 2.14. The summed E-state index contributed by atoms with van der Waals surface area (Å²) in [6.45, 7) is 11.3. The smallest absolute Gasteiger partial charge is 0.0423 e. The molecule has 0 radical (unpaired) electrons. The van der Waals surface area contributed by atoms with E-state index >= 15 is 0 Å². The standard InChI is InChI=1S/C26H30/c1-19(2)21-11-15-24(16-12-21)26(5,23-9-7-6-8-10-23)25-17-13-22(14-18-25)20(3)4/h6-20H,1-5H3. The topological polar surface area (TPSA) is 0 Å². The molecule has 0 atom stereocenters. The predicted molar refractivity (Wildman–Crippen MR) is 113 cm³/mol. The van der Waals surface area contributed by atoms with Gasteiger partial charge in [0.2, 0.25) is 0 Å². The summed E-state index contributed by atoms with van der Waals surface area (Å²) in [5, 5.41) is 0. The highest BCUT2D eigenvalue weighted by Gasteiger charge is 2.31. The molecule has 0 aliphatic carbocycles. The van der Waals surface area contributed by atoms with Gasteiger partial charge in [-0.05, 0) is 46.6 Å². The third-order valence-corrected chi connectivity index (χ3v) is 5.66. The van der Waals surface area contributed by atoms with Crippen LogP contribution in [0.25, 0.3) is 0 Å². The molecule has 0 heterocycles. The first-order valence-electron chi connectivity index (χ1n) is 9.69. The van der Waals surface area contributed by atoms with Crippen molar-refractivity contribution in [3.05, 3.63) is 107 Å². The fourth-order valence-electron chi connectivity index (χ4n) is 3.67. The second kappa shape index (κ2) is 7.50. The normalized spacial score (nSPS) is 12.0. The van der Waals surface area contributed by atoms with E-state index in [2.05, 4.69) is 113 Å². The zero-order valence-electron chi connectivity index (χ0n) is 16.7. The van der Waals surface area contributed by atoms with E-state index in [9.17, 15) is 0 Å². The highest BCUT2D eigenvalue weighted by atomic mass is 14.3. The summed E-state index contributed by atoms with van der Waals surface area (Å²) < 4.78 is 0. The van der Waals surface area contributed by atoms with Gasteiger partial charge in [0.05, 0.1) is 0 Å². The van der Waals surface area contributed by atoms with Crippen LogP contribution in [0.1, 0.15) is 74.3 Å². The minimum Gasteiger partial charge on any atom is -0.0622 e. The van der Waals surface area contributed by atoms with Gasteiger partial charge in [0, 0.05) is 5.41 Å². The first-order valence-corrected chi connectivity index (χ1v) is 9.69. The van der Waals surface area contributed by atoms with Crippen molar-refractivity contribution >= 4 is 0 Å². The first-order chi connectivity index (χ1) is 12.4. The molecule has 0 aliphatic heterocycles. The second-order valence-corrected chi connectivity index (χ2v) is 8.04. The Morgan fingerprint density at radius 3 is 1.19 bits per heavy atom. The van der Waals surface area contributed by atoms with E-state index in [1.165, 1.54) is 27.8 Å². The lowest BCUT2D eigenvalue weighted by molar-refractivity contribution is 0.690. The summed E-state index contributed by atoms with van der Waals surface area (Å²) in [7, 11) is 0. The maximum Gasteiger partial charge on any atom is 0.0423 e. The molecule has 0 aromatic heterocycles. The third kappa shape index (κ3) is 3.46. The van der Waals surface area contributed by atoms with Crippen molar-refractivity contribution in [2.24, 2.45) is 0 Å². The van der Waals surface area contributed by atoms with Crippen molar-refractivity contribution in [3.63, 3.8) is 0 Å². The molecular formula is C26H30. The Morgan fingerprint density at radius 1 is 0.500 bits per heavy atom. The lowest BCUT2D eigenvalue weighted by Gasteiger charge is -2.32. The zero-order chi connectivity index (χ0) is 18.7. The minimum atomic E-state index is -0.160. The van der Waals surface area contributed by atoms with Gasteiger partial charge in [-0.1, -0.05) is 107 Å². The molecule has 0 N–H and O–H groups in total. The summed E-state index contributed by atoms with van der Waals surface area (Å²) in [6, 6.07) is 29.2. The molecule has 0 nitrogen and oxygen atoms in total. The first kappa shape index (κ1) is 18.5. The Morgan fingerprint density at radius 2 is 0.846 bits per heavy atom. The Hall–Kier alpha value is -2.34. The lowest BCUT2D eigenvalue weighted by atomic mass is 9.70. The number of rotatable bonds is 5. The Labute approximate surface area is 158 Å². The van der Waals surface area contributed by atoms with E-state index in [4.69, 9.17) is 0 Å². The summed E-state index contributed by atoms with van der Waals surface area (Å²) >= 11 is 0. The molecule has 134 valence electrons. The molecule has 0 bridgehead atoms. The Kier molecular flexibility index (Phi) is 5.32. The van der Waals surface area contributed by atoms with Crippen molar-refractivity contribution in [1.82, 2.24) is 0 Å². The van der Waals surface area contributed by atoms with Gasteiger partial charge in [0.1, 0.15) is 0 Å². The predicted octanol–water partition coefficient (Wildman–Crippen LogP) is 7.29. The van der Waals surface area contributed by atoms with Crippen LogP contribution in [0.4, 0.5) is 0 Å². The number of hydrogen-bond donors (Lipinski definition) is 0. The van der Waals surface area contributed by atoms with Crippen LogP contribution in [0.3, 0.4) is 0 Å². The van der Waals surface area contributed by atoms with E-state index < -0.39 is 0 Å². The summed E-state index contributed by atoms with van der Waals surface area (Å²) in [5.74, 6) is 1.11. The van der Waals surface area contributed by atoms with Crippen LogP contribution in [-0.2, 0) is 5.41 Å². The van der Waals surface area contributed by atoms with E-state index in [0.29, 0.717) is 11.8 Å². The zero-order valence-corrected chi connectivity index (χ0v) is 16.7. The van der Waals surface area contributed by atoms with Gasteiger partial charge >= 0.3 is 0 Å². The van der Waals surface area contributed by atoms with Crippen molar-refractivity contribution in [3.8, 4) is 0 Å². The van der Waals surface area contributed by atoms with Gasteiger partial charge in [0.25, 0.3) is 0 Å². The summed E-state index contributed by atoms with van der Waals surface area (Å²) in [5.41, 5.74) is 6.62. The maximum atomic E-state index is 2.34. The van der Waals surface area contributed by atoms with Crippen LogP contribution in [0, 0.1) is 0 Å². The summed E-state index contributed by atoms with van der Waals surface area (Å²) in [6.07, 6.45) is 0. The van der Waals surface area contributed by atoms with Crippen LogP contribution in [0.2, 0.25) is 0 Å². The largest absolute Gasteiger partial charge is 0.0622 e. The second-order valence-electron chi connectivity index (χ2n) is 8.04. The van der Waals surface area contributed by atoms with E-state index in [-0.39, 0.29) is 5.41 Å². The van der Waals surface area contributed by atoms with Crippen molar-refractivity contribution in [2.45, 2.75) is 51.9 Å². The van der Waals surface area contributed by atoms with Crippen LogP contribution < -0.4 is 0 Å². The van der Waals surface area contributed by atoms with E-state index in [0.717, 1.165) is 0 Å². The molecule has 0 fully saturated rings. The van der Waals surface area contributed by atoms with Crippen LogP contribution in [0.5, 0.6) is 0 Å². The quantitative estimate of drug-likeness (QED) is 0.427. The van der Waals surface area contributed by atoms with Gasteiger partial charge in [-0.3, -0.25) is 0 Å². The van der Waals surface area contributed by atoms with Crippen molar-refractivity contribution < 1.29 is 0 Å². The Bertz CT molecular complexity index is 770. The molecule has 0 amide bonds. The fraction of sp³-hybridized carbons (Fsp3) is 0.308. The highest BCUT2D eigenvalue weighted by Crippen LogP contribution is 2.39. The molecule has 3 aromatic carbocycles. The molecule has 0 unspecified atom stereocenters. The number of hydrogen-bond acceptors (Lipinski definition) is 0. The molecule has 0 saturated carbocycles. The van der Waals surface area contributed by atoms with E-state index in [1.807, 2.05) is 0 Å². The summed E-state index contributed by atoms with van der Waals surface area (Å²) in [4.78, 5) is 0. The van der Waals surface area contributed by atoms with Crippen molar-refractivity contribution in [1.29, 1.82) is 0 Å². The molecule has 3 rings (SSSR count). The molecule has 26 heavy (non-hydrogen) atoms. The van der Waals surface area contributed by atoms with Crippen LogP contribution >= 0.6 is 0 Å². The number of benzene rings is 3. The molecule has 3 aromatic rings. The molecular weight excluding hydrogens is 312 g/mol. The molecule has 0 saturated heterocycles. The van der Waals surface area contributed by atoms with Gasteiger partial charge in [-0.2, -0.15) is 0 Å². The maximum absolute atomic E-state index is 2.34. The fourth-order valence-corrected chi connectivity index (χ4v) is 3.67. The van der Waals surface area contributed by atoms with Crippen LogP contribution in [-0.4, -0.2) is 0 Å². The van der Waals surface area contributed by atoms with Gasteiger partial charge in [0.15, 0.2) is 0 Å². The van der Waals surface area contributed by atoms with Crippen LogP contribution in [0.15, 0.2) is 78.9 Å². The average Bonchev–Trinajstić information content (AvgIpc) is 2.68. The highest BCUT2D eigenvalue weighted by molar-refractivity contribution is 5.50. The lowest BCUT2D eigenvalue weighted by Crippen LogP contribution is -2.25. The van der Waals surface area contributed by atoms with Gasteiger partial charge < -0.3 is 0 Å². The average molecular weight is 343 g/mol. The van der Waals surface area contributed by atoms with Gasteiger partial charge in [-0.25, -0.2) is 0 Å². The molecule has 0 aliphatic rings. The molecule has 0 heteroatoms. The monoisotopic (exact) mass is 342 g/mol.